The molecule has 2 aromatic carbocycles. The fourth-order valence-electron chi connectivity index (χ4n) is 3.86. The minimum atomic E-state index is -4.99. The first-order valence-corrected chi connectivity index (χ1v) is 13.6. The molecular formula is C21H23Cl2N2O5PS. The highest BCUT2D eigenvalue weighted by molar-refractivity contribution is 7.93. The lowest BCUT2D eigenvalue weighted by atomic mass is 10.1. The number of benzene rings is 2. The molecule has 3 rings (SSSR count). The van der Waals surface area contributed by atoms with E-state index in [0.717, 1.165) is 4.31 Å². The van der Waals surface area contributed by atoms with Crippen LogP contribution in [0.1, 0.15) is 32.4 Å². The highest BCUT2D eigenvalue weighted by atomic mass is 35.5. The molecule has 0 aliphatic heterocycles. The largest absolute Gasteiger partial charge is 0.351 e. The SMILES string of the molecule is CCC(CC)(N(c1cccc2cnc(C)cc12)S(=O)(=O)c1cc(Cl)cc(Cl)c1)P(=O)(O)O. The Hall–Kier alpha value is -1.67. The lowest BCUT2D eigenvalue weighted by Crippen LogP contribution is -2.51. The lowest BCUT2D eigenvalue weighted by molar-refractivity contribution is 0.317. The van der Waals surface area contributed by atoms with Gasteiger partial charge in [0.1, 0.15) is 0 Å². The molecule has 0 atom stereocenters. The summed E-state index contributed by atoms with van der Waals surface area (Å²) in [4.78, 5) is 24.9. The van der Waals surface area contributed by atoms with Crippen LogP contribution in [0.5, 0.6) is 0 Å². The number of rotatable bonds is 7. The molecule has 172 valence electrons. The van der Waals surface area contributed by atoms with E-state index in [1.165, 1.54) is 24.3 Å². The zero-order valence-corrected chi connectivity index (χ0v) is 20.9. The van der Waals surface area contributed by atoms with Crippen molar-refractivity contribution in [3.63, 3.8) is 0 Å². The van der Waals surface area contributed by atoms with Crippen LogP contribution >= 0.6 is 30.8 Å². The van der Waals surface area contributed by atoms with Crippen molar-refractivity contribution in [3.8, 4) is 0 Å². The van der Waals surface area contributed by atoms with E-state index in [0.29, 0.717) is 16.5 Å². The van der Waals surface area contributed by atoms with Crippen molar-refractivity contribution >= 4 is 57.3 Å². The quantitative estimate of drug-likeness (QED) is 0.387. The summed E-state index contributed by atoms with van der Waals surface area (Å²) in [5.74, 6) is 0. The van der Waals surface area contributed by atoms with Gasteiger partial charge in [0.2, 0.25) is 0 Å². The summed E-state index contributed by atoms with van der Waals surface area (Å²) >= 11 is 12.1. The summed E-state index contributed by atoms with van der Waals surface area (Å²) in [6.07, 6.45) is 1.32. The van der Waals surface area contributed by atoms with Gasteiger partial charge in [-0.05, 0) is 50.1 Å². The number of halogens is 2. The first-order chi connectivity index (χ1) is 14.9. The third kappa shape index (κ3) is 4.28. The van der Waals surface area contributed by atoms with Crippen LogP contribution in [0.3, 0.4) is 0 Å². The third-order valence-electron chi connectivity index (χ3n) is 5.52. The van der Waals surface area contributed by atoms with Crippen molar-refractivity contribution in [3.05, 3.63) is 64.4 Å². The zero-order chi connectivity index (χ0) is 23.9. The van der Waals surface area contributed by atoms with Gasteiger partial charge in [-0.25, -0.2) is 12.7 Å². The number of sulfonamides is 1. The van der Waals surface area contributed by atoms with E-state index >= 15 is 0 Å². The average Bonchev–Trinajstić information content (AvgIpc) is 2.70. The molecule has 7 nitrogen and oxygen atoms in total. The topological polar surface area (TPSA) is 108 Å². The van der Waals surface area contributed by atoms with E-state index in [1.807, 2.05) is 0 Å². The monoisotopic (exact) mass is 516 g/mol. The van der Waals surface area contributed by atoms with Crippen LogP contribution in [0, 0.1) is 6.92 Å². The molecule has 0 saturated heterocycles. The van der Waals surface area contributed by atoms with Crippen LogP contribution in [-0.2, 0) is 14.6 Å². The molecule has 0 fully saturated rings. The Morgan fingerprint density at radius 2 is 1.66 bits per heavy atom. The Morgan fingerprint density at radius 1 is 1.06 bits per heavy atom. The lowest BCUT2D eigenvalue weighted by Gasteiger charge is -2.43. The smallest absolute Gasteiger partial charge is 0.323 e. The van der Waals surface area contributed by atoms with E-state index in [-0.39, 0.29) is 33.5 Å². The molecule has 0 unspecified atom stereocenters. The van der Waals surface area contributed by atoms with E-state index in [1.54, 1.807) is 45.2 Å². The highest BCUT2D eigenvalue weighted by Crippen LogP contribution is 2.59. The Bertz CT molecular complexity index is 1300. The van der Waals surface area contributed by atoms with Gasteiger partial charge in [0, 0.05) is 32.7 Å². The molecular weight excluding hydrogens is 494 g/mol. The predicted molar refractivity (Wildman–Crippen MR) is 128 cm³/mol. The Balaban J connectivity index is 2.49. The Labute approximate surface area is 197 Å². The van der Waals surface area contributed by atoms with Gasteiger partial charge >= 0.3 is 7.60 Å². The first kappa shape index (κ1) is 25.0. The van der Waals surface area contributed by atoms with Gasteiger partial charge < -0.3 is 9.79 Å². The number of fused-ring (bicyclic) bond motifs is 1. The summed E-state index contributed by atoms with van der Waals surface area (Å²) in [6, 6.07) is 10.4. The van der Waals surface area contributed by atoms with Crippen LogP contribution in [0.4, 0.5) is 5.69 Å². The maximum Gasteiger partial charge on any atom is 0.351 e. The van der Waals surface area contributed by atoms with E-state index < -0.39 is 22.9 Å². The van der Waals surface area contributed by atoms with Gasteiger partial charge in [0.05, 0.1) is 10.6 Å². The molecule has 0 aliphatic rings. The predicted octanol–water partition coefficient (Wildman–Crippen LogP) is 5.74. The molecule has 0 radical (unpaired) electrons. The van der Waals surface area contributed by atoms with Gasteiger partial charge in [-0.3, -0.25) is 9.55 Å². The third-order valence-corrected chi connectivity index (χ3v) is 9.87. The van der Waals surface area contributed by atoms with Crippen molar-refractivity contribution in [1.82, 2.24) is 4.98 Å². The molecule has 3 aromatic rings. The van der Waals surface area contributed by atoms with Crippen molar-refractivity contribution in [2.45, 2.75) is 43.8 Å². The maximum absolute atomic E-state index is 14.0. The summed E-state index contributed by atoms with van der Waals surface area (Å²) in [7, 11) is -9.51. The number of nitrogens with zero attached hydrogens (tertiary/aromatic N) is 2. The van der Waals surface area contributed by atoms with Crippen LogP contribution < -0.4 is 4.31 Å². The van der Waals surface area contributed by atoms with Gasteiger partial charge in [-0.2, -0.15) is 0 Å². The minimum absolute atomic E-state index is 0.0868. The summed E-state index contributed by atoms with van der Waals surface area (Å²) in [6.45, 7) is 4.85. The van der Waals surface area contributed by atoms with E-state index in [2.05, 4.69) is 4.98 Å². The van der Waals surface area contributed by atoms with Gasteiger partial charge in [0.25, 0.3) is 10.0 Å². The molecule has 0 spiro atoms. The van der Waals surface area contributed by atoms with E-state index in [4.69, 9.17) is 23.2 Å². The maximum atomic E-state index is 14.0. The van der Waals surface area contributed by atoms with Crippen molar-refractivity contribution in [2.75, 3.05) is 4.31 Å². The number of aromatic nitrogens is 1. The van der Waals surface area contributed by atoms with Gasteiger partial charge in [-0.1, -0.05) is 49.2 Å². The van der Waals surface area contributed by atoms with Crippen molar-refractivity contribution in [1.29, 1.82) is 0 Å². The molecule has 0 amide bonds. The van der Waals surface area contributed by atoms with Crippen molar-refractivity contribution in [2.24, 2.45) is 0 Å². The number of aryl methyl sites for hydroxylation is 1. The zero-order valence-electron chi connectivity index (χ0n) is 17.7. The second-order valence-electron chi connectivity index (χ2n) is 7.43. The molecule has 11 heteroatoms. The number of hydrogen-bond donors (Lipinski definition) is 2. The summed E-state index contributed by atoms with van der Waals surface area (Å²) < 4.78 is 41.8. The molecule has 0 bridgehead atoms. The Morgan fingerprint density at radius 3 is 2.19 bits per heavy atom. The van der Waals surface area contributed by atoms with Gasteiger partial charge in [-0.15, -0.1) is 0 Å². The molecule has 2 N–H and O–H groups in total. The van der Waals surface area contributed by atoms with Crippen LogP contribution in [0.25, 0.3) is 10.8 Å². The van der Waals surface area contributed by atoms with Crippen molar-refractivity contribution < 1.29 is 22.8 Å². The average molecular weight is 517 g/mol. The molecule has 0 aliphatic carbocycles. The summed E-state index contributed by atoms with van der Waals surface area (Å²) in [5.41, 5.74) is 0.763. The first-order valence-electron chi connectivity index (χ1n) is 9.80. The summed E-state index contributed by atoms with van der Waals surface area (Å²) in [5, 5.41) is -0.736. The van der Waals surface area contributed by atoms with Crippen LogP contribution in [-0.4, -0.2) is 28.5 Å². The van der Waals surface area contributed by atoms with Crippen LogP contribution in [0.2, 0.25) is 10.0 Å². The number of anilines is 1. The normalized spacial score (nSPS) is 12.8. The molecule has 0 saturated carbocycles. The van der Waals surface area contributed by atoms with Gasteiger partial charge in [0.15, 0.2) is 5.28 Å². The fourth-order valence-corrected chi connectivity index (χ4v) is 8.21. The molecule has 1 heterocycles. The fraction of sp³-hybridized carbons (Fsp3) is 0.286. The Kier molecular flexibility index (Phi) is 6.97. The minimum Gasteiger partial charge on any atom is -0.323 e. The standard InChI is InChI=1S/C21H23Cl2N2O5PS/c1-4-21(5-2,31(26,27)28)25(32(29,30)18-11-16(22)10-17(23)12-18)20-8-6-7-15-13-24-14(3)9-19(15)20/h6-13H,4-5H2,1-3H3,(H2,26,27,28). The second kappa shape index (κ2) is 8.93. The number of pyridine rings is 1. The second-order valence-corrected chi connectivity index (χ2v) is 12.0. The van der Waals surface area contributed by atoms with Crippen LogP contribution in [0.15, 0.2) is 53.6 Å². The molecule has 1 aromatic heterocycles. The number of hydrogen-bond acceptors (Lipinski definition) is 4. The van der Waals surface area contributed by atoms with E-state index in [9.17, 15) is 22.8 Å². The molecule has 32 heavy (non-hydrogen) atoms. The highest BCUT2D eigenvalue weighted by Gasteiger charge is 2.54.